The number of aryl methyl sites for hydroxylation is 2. The standard InChI is InChI=1S/C26H27N3O2/c1-16-5-9-20(30)15-23(16)28-22-11-12-27-26-25(22)24(31)14-19-13-18(8-10-21(19)29-26)4-2-3-17-6-7-17/h5,8-13,15,17,30H,2-4,6-7,14H2,1H3,(H2,27,28,29). The number of nitrogens with one attached hydrogen (secondary N) is 2. The van der Waals surface area contributed by atoms with Crippen molar-refractivity contribution in [3.8, 4) is 5.75 Å². The molecule has 3 aromatic rings. The molecule has 0 saturated heterocycles. The van der Waals surface area contributed by atoms with E-state index in [0.717, 1.165) is 34.8 Å². The number of phenolic OH excluding ortho intramolecular Hbond substituents is 1. The summed E-state index contributed by atoms with van der Waals surface area (Å²) in [4.78, 5) is 17.7. The smallest absolute Gasteiger partial charge is 0.173 e. The molecule has 0 spiro atoms. The number of hydrogen-bond donors (Lipinski definition) is 3. The zero-order chi connectivity index (χ0) is 21.4. The molecule has 5 rings (SSSR count). The van der Waals surface area contributed by atoms with E-state index in [1.54, 1.807) is 24.4 Å². The van der Waals surface area contributed by atoms with E-state index in [9.17, 15) is 9.90 Å². The van der Waals surface area contributed by atoms with Crippen molar-refractivity contribution in [3.63, 3.8) is 0 Å². The van der Waals surface area contributed by atoms with E-state index in [4.69, 9.17) is 0 Å². The Labute approximate surface area is 182 Å². The van der Waals surface area contributed by atoms with Gasteiger partial charge in [-0.05, 0) is 60.6 Å². The zero-order valence-corrected chi connectivity index (χ0v) is 17.7. The maximum absolute atomic E-state index is 13.3. The quantitative estimate of drug-likeness (QED) is 0.458. The van der Waals surface area contributed by atoms with Crippen LogP contribution in [0, 0.1) is 12.8 Å². The summed E-state index contributed by atoms with van der Waals surface area (Å²) in [5.41, 5.74) is 6.24. The Morgan fingerprint density at radius 1 is 1.13 bits per heavy atom. The monoisotopic (exact) mass is 413 g/mol. The van der Waals surface area contributed by atoms with Gasteiger partial charge in [-0.15, -0.1) is 0 Å². The fourth-order valence-corrected chi connectivity index (χ4v) is 4.29. The number of aromatic nitrogens is 1. The van der Waals surface area contributed by atoms with Gasteiger partial charge < -0.3 is 15.7 Å². The highest BCUT2D eigenvalue weighted by Crippen LogP contribution is 2.36. The number of carbonyl (C=O) groups excluding carboxylic acids is 1. The average Bonchev–Trinajstić information content (AvgIpc) is 3.58. The van der Waals surface area contributed by atoms with Crippen LogP contribution in [-0.2, 0) is 12.8 Å². The van der Waals surface area contributed by atoms with Gasteiger partial charge in [0, 0.05) is 30.1 Å². The minimum Gasteiger partial charge on any atom is -0.508 e. The van der Waals surface area contributed by atoms with Crippen molar-refractivity contribution in [1.82, 2.24) is 4.98 Å². The molecule has 0 radical (unpaired) electrons. The van der Waals surface area contributed by atoms with Crippen LogP contribution in [0.4, 0.5) is 22.9 Å². The number of carbonyl (C=O) groups is 1. The lowest BCUT2D eigenvalue weighted by molar-refractivity contribution is 0.0995. The number of nitrogens with zero attached hydrogens (tertiary/aromatic N) is 1. The van der Waals surface area contributed by atoms with Crippen molar-refractivity contribution in [1.29, 1.82) is 0 Å². The molecule has 3 N–H and O–H groups in total. The van der Waals surface area contributed by atoms with Crippen molar-refractivity contribution in [3.05, 3.63) is 70.9 Å². The summed E-state index contributed by atoms with van der Waals surface area (Å²) in [7, 11) is 0. The second kappa shape index (κ2) is 8.06. The Kier molecular flexibility index (Phi) is 5.10. The van der Waals surface area contributed by atoms with Crippen LogP contribution >= 0.6 is 0 Å². The molecule has 2 aliphatic rings. The fraction of sp³-hybridized carbons (Fsp3) is 0.308. The van der Waals surface area contributed by atoms with Gasteiger partial charge in [0.2, 0.25) is 0 Å². The van der Waals surface area contributed by atoms with Crippen LogP contribution in [0.1, 0.15) is 52.7 Å². The van der Waals surface area contributed by atoms with Gasteiger partial charge in [-0.2, -0.15) is 0 Å². The van der Waals surface area contributed by atoms with Gasteiger partial charge in [0.15, 0.2) is 5.78 Å². The van der Waals surface area contributed by atoms with Crippen LogP contribution in [0.25, 0.3) is 0 Å². The van der Waals surface area contributed by atoms with Gasteiger partial charge in [0.25, 0.3) is 0 Å². The summed E-state index contributed by atoms with van der Waals surface area (Å²) in [6, 6.07) is 13.4. The van der Waals surface area contributed by atoms with E-state index in [1.807, 2.05) is 13.0 Å². The maximum Gasteiger partial charge on any atom is 0.173 e. The summed E-state index contributed by atoms with van der Waals surface area (Å²) < 4.78 is 0. The van der Waals surface area contributed by atoms with Gasteiger partial charge in [-0.25, -0.2) is 4.98 Å². The molecule has 0 bridgehead atoms. The number of Topliss-reactive ketones (excluding diaryl/α,β-unsaturated/α-hetero) is 1. The summed E-state index contributed by atoms with van der Waals surface area (Å²) in [5, 5.41) is 16.6. The second-order valence-corrected chi connectivity index (χ2v) is 8.76. The molecule has 5 nitrogen and oxygen atoms in total. The first-order valence-electron chi connectivity index (χ1n) is 11.0. The number of anilines is 4. The van der Waals surface area contributed by atoms with Crippen molar-refractivity contribution in [2.45, 2.75) is 45.4 Å². The minimum absolute atomic E-state index is 0.0322. The molecule has 2 aromatic carbocycles. The van der Waals surface area contributed by atoms with Crippen LogP contribution in [-0.4, -0.2) is 15.9 Å². The predicted octanol–water partition coefficient (Wildman–Crippen LogP) is 6.05. The number of fused-ring (bicyclic) bond motifs is 2. The number of aromatic hydroxyl groups is 1. The highest BCUT2D eigenvalue weighted by Gasteiger charge is 2.24. The fourth-order valence-electron chi connectivity index (χ4n) is 4.29. The van der Waals surface area contributed by atoms with Gasteiger partial charge in [0.05, 0.1) is 11.3 Å². The van der Waals surface area contributed by atoms with E-state index < -0.39 is 0 Å². The lowest BCUT2D eigenvalue weighted by atomic mass is 9.98. The topological polar surface area (TPSA) is 74.2 Å². The molecule has 0 amide bonds. The third-order valence-corrected chi connectivity index (χ3v) is 6.27. The Morgan fingerprint density at radius 2 is 2.00 bits per heavy atom. The molecule has 5 heteroatoms. The van der Waals surface area contributed by atoms with Crippen molar-refractivity contribution >= 4 is 28.7 Å². The number of phenols is 1. The molecule has 1 aromatic heterocycles. The highest BCUT2D eigenvalue weighted by atomic mass is 16.3. The Balaban J connectivity index is 1.41. The van der Waals surface area contributed by atoms with E-state index >= 15 is 0 Å². The number of ketones is 1. The van der Waals surface area contributed by atoms with E-state index in [1.165, 1.54) is 31.2 Å². The molecular formula is C26H27N3O2. The molecule has 1 aliphatic heterocycles. The number of benzene rings is 2. The molecule has 158 valence electrons. The van der Waals surface area contributed by atoms with Crippen LogP contribution in [0.2, 0.25) is 0 Å². The van der Waals surface area contributed by atoms with Gasteiger partial charge in [0.1, 0.15) is 11.6 Å². The van der Waals surface area contributed by atoms with Crippen LogP contribution in [0.3, 0.4) is 0 Å². The van der Waals surface area contributed by atoms with Crippen LogP contribution < -0.4 is 10.6 Å². The molecule has 1 aliphatic carbocycles. The largest absolute Gasteiger partial charge is 0.508 e. The molecule has 0 unspecified atom stereocenters. The first kappa shape index (κ1) is 19.6. The van der Waals surface area contributed by atoms with E-state index in [2.05, 4.69) is 33.8 Å². The maximum atomic E-state index is 13.3. The number of hydrogen-bond acceptors (Lipinski definition) is 5. The summed E-state index contributed by atoms with van der Waals surface area (Å²) in [6.07, 6.45) is 8.41. The first-order chi connectivity index (χ1) is 15.1. The third kappa shape index (κ3) is 4.26. The Hall–Kier alpha value is -3.34. The molecule has 1 saturated carbocycles. The third-order valence-electron chi connectivity index (χ3n) is 6.27. The second-order valence-electron chi connectivity index (χ2n) is 8.76. The summed E-state index contributed by atoms with van der Waals surface area (Å²) in [5.74, 6) is 1.72. The SMILES string of the molecule is Cc1ccc(O)cc1Nc1ccnc2c1C(=O)Cc1cc(CCCC3CC3)ccc1N2. The molecule has 1 fully saturated rings. The lowest BCUT2D eigenvalue weighted by Gasteiger charge is -2.15. The van der Waals surface area contributed by atoms with Crippen molar-refractivity contribution in [2.24, 2.45) is 5.92 Å². The van der Waals surface area contributed by atoms with Crippen LogP contribution in [0.15, 0.2) is 48.7 Å². The lowest BCUT2D eigenvalue weighted by Crippen LogP contribution is -2.08. The number of pyridine rings is 1. The normalized spacial score (nSPS) is 14.9. The summed E-state index contributed by atoms with van der Waals surface area (Å²) in [6.45, 7) is 1.96. The van der Waals surface area contributed by atoms with Gasteiger partial charge in [-0.1, -0.05) is 37.5 Å². The zero-order valence-electron chi connectivity index (χ0n) is 17.7. The molecular weight excluding hydrogens is 386 g/mol. The van der Waals surface area contributed by atoms with Crippen LogP contribution in [0.5, 0.6) is 5.75 Å². The molecule has 0 atom stereocenters. The Bertz CT molecular complexity index is 1150. The minimum atomic E-state index is 0.0322. The summed E-state index contributed by atoms with van der Waals surface area (Å²) >= 11 is 0. The van der Waals surface area contributed by atoms with Gasteiger partial charge in [-0.3, -0.25) is 4.79 Å². The average molecular weight is 414 g/mol. The Morgan fingerprint density at radius 3 is 2.84 bits per heavy atom. The van der Waals surface area contributed by atoms with Gasteiger partial charge >= 0.3 is 0 Å². The highest BCUT2D eigenvalue weighted by molar-refractivity contribution is 6.09. The van der Waals surface area contributed by atoms with E-state index in [0.29, 0.717) is 23.5 Å². The number of rotatable bonds is 6. The van der Waals surface area contributed by atoms with Crippen molar-refractivity contribution < 1.29 is 9.90 Å². The predicted molar refractivity (Wildman–Crippen MR) is 124 cm³/mol. The van der Waals surface area contributed by atoms with E-state index in [-0.39, 0.29) is 11.5 Å². The molecule has 2 heterocycles. The first-order valence-corrected chi connectivity index (χ1v) is 11.0. The molecule has 31 heavy (non-hydrogen) atoms. The van der Waals surface area contributed by atoms with Crippen molar-refractivity contribution in [2.75, 3.05) is 10.6 Å².